The normalized spacial score (nSPS) is 17.7. The molecule has 0 aliphatic carbocycles. The molecule has 6 heteroatoms. The van der Waals surface area contributed by atoms with Crippen LogP contribution in [0.1, 0.15) is 31.4 Å². The number of rotatable bonds is 5. The monoisotopic (exact) mass is 345 g/mol. The number of hydrogen-bond donors (Lipinski definition) is 0. The van der Waals surface area contributed by atoms with Gasteiger partial charge in [-0.25, -0.2) is 0 Å². The molecule has 3 rings (SSSR count). The Morgan fingerprint density at radius 2 is 2.17 bits per heavy atom. The highest BCUT2D eigenvalue weighted by Gasteiger charge is 2.28. The molecule has 1 aromatic rings. The molecule has 0 aromatic heterocycles. The van der Waals surface area contributed by atoms with Gasteiger partial charge in [-0.15, -0.1) is 0 Å². The van der Waals surface area contributed by atoms with Crippen LogP contribution in [0.15, 0.2) is 40.4 Å². The Balaban J connectivity index is 1.63. The van der Waals surface area contributed by atoms with Crippen molar-refractivity contribution in [1.29, 1.82) is 0 Å². The van der Waals surface area contributed by atoms with Crippen molar-refractivity contribution in [2.75, 3.05) is 27.2 Å². The number of fused-ring (bicyclic) bond motifs is 1. The van der Waals surface area contributed by atoms with Gasteiger partial charge in [0.1, 0.15) is 5.75 Å². The van der Waals surface area contributed by atoms with Crippen LogP contribution >= 0.6 is 11.8 Å². The molecule has 1 aromatic carbocycles. The number of aliphatic imine (C=N–C) groups is 1. The van der Waals surface area contributed by atoms with Crippen LogP contribution in [0.2, 0.25) is 0 Å². The van der Waals surface area contributed by atoms with E-state index in [2.05, 4.69) is 15.3 Å². The standard InChI is InChI=1S/C18H23N3O2S/c1-13(14-5-7-16(23-3)8-6-14)20(2)17(22)11-15-12-24-18-19-9-4-10-21(15)18/h5-8,12-13H,4,9-11H2,1-3H3. The van der Waals surface area contributed by atoms with Gasteiger partial charge in [-0.3, -0.25) is 9.79 Å². The molecular weight excluding hydrogens is 322 g/mol. The van der Waals surface area contributed by atoms with E-state index in [-0.39, 0.29) is 11.9 Å². The highest BCUT2D eigenvalue weighted by molar-refractivity contribution is 8.16. The number of benzene rings is 1. The lowest BCUT2D eigenvalue weighted by Crippen LogP contribution is -2.34. The van der Waals surface area contributed by atoms with Crippen LogP contribution in [0.3, 0.4) is 0 Å². The van der Waals surface area contributed by atoms with Crippen LogP contribution in [0, 0.1) is 0 Å². The maximum Gasteiger partial charge on any atom is 0.228 e. The third-order valence-electron chi connectivity index (χ3n) is 4.57. The summed E-state index contributed by atoms with van der Waals surface area (Å²) in [5.41, 5.74) is 2.17. The third-order valence-corrected chi connectivity index (χ3v) is 5.52. The van der Waals surface area contributed by atoms with E-state index >= 15 is 0 Å². The first-order valence-corrected chi connectivity index (χ1v) is 9.05. The Labute approximate surface area is 147 Å². The minimum Gasteiger partial charge on any atom is -0.497 e. The largest absolute Gasteiger partial charge is 0.497 e. The molecule has 2 heterocycles. The van der Waals surface area contributed by atoms with Gasteiger partial charge in [0.25, 0.3) is 0 Å². The number of nitrogens with zero attached hydrogens (tertiary/aromatic N) is 3. The maximum atomic E-state index is 12.7. The first-order chi connectivity index (χ1) is 11.6. The number of ether oxygens (including phenoxy) is 1. The van der Waals surface area contributed by atoms with Gasteiger partial charge < -0.3 is 14.5 Å². The molecule has 0 saturated heterocycles. The molecule has 0 saturated carbocycles. The van der Waals surface area contributed by atoms with E-state index in [4.69, 9.17) is 4.74 Å². The van der Waals surface area contributed by atoms with Crippen LogP contribution in [0.25, 0.3) is 0 Å². The van der Waals surface area contributed by atoms with E-state index in [0.29, 0.717) is 6.42 Å². The molecule has 0 spiro atoms. The lowest BCUT2D eigenvalue weighted by molar-refractivity contribution is -0.131. The number of carbonyl (C=O) groups excluding carboxylic acids is 1. The molecule has 0 radical (unpaired) electrons. The van der Waals surface area contributed by atoms with Crippen LogP contribution < -0.4 is 4.74 Å². The quantitative estimate of drug-likeness (QED) is 0.822. The summed E-state index contributed by atoms with van der Waals surface area (Å²) < 4.78 is 5.19. The number of amidine groups is 1. The van der Waals surface area contributed by atoms with Crippen molar-refractivity contribution < 1.29 is 9.53 Å². The van der Waals surface area contributed by atoms with Crippen LogP contribution in [0.4, 0.5) is 0 Å². The topological polar surface area (TPSA) is 45.1 Å². The summed E-state index contributed by atoms with van der Waals surface area (Å²) in [6.07, 6.45) is 1.47. The predicted octanol–water partition coefficient (Wildman–Crippen LogP) is 3.25. The molecule has 1 atom stereocenters. The lowest BCUT2D eigenvalue weighted by Gasteiger charge is -2.29. The molecule has 128 valence electrons. The Morgan fingerprint density at radius 3 is 2.88 bits per heavy atom. The van der Waals surface area contributed by atoms with Crippen LogP contribution in [0.5, 0.6) is 5.75 Å². The Bertz CT molecular complexity index is 669. The average Bonchev–Trinajstić information content (AvgIpc) is 3.03. The second-order valence-electron chi connectivity index (χ2n) is 6.03. The van der Waals surface area contributed by atoms with Crippen molar-refractivity contribution in [3.8, 4) is 5.75 Å². The Kier molecular flexibility index (Phi) is 5.14. The van der Waals surface area contributed by atoms with Gasteiger partial charge in [0.2, 0.25) is 5.91 Å². The number of methoxy groups -OCH3 is 1. The summed E-state index contributed by atoms with van der Waals surface area (Å²) >= 11 is 1.63. The minimum atomic E-state index is 0.0209. The van der Waals surface area contributed by atoms with Gasteiger partial charge in [0.05, 0.1) is 19.6 Å². The van der Waals surface area contributed by atoms with E-state index in [9.17, 15) is 4.79 Å². The van der Waals surface area contributed by atoms with Gasteiger partial charge in [-0.05, 0) is 36.4 Å². The summed E-state index contributed by atoms with van der Waals surface area (Å²) in [5.74, 6) is 0.946. The molecule has 5 nitrogen and oxygen atoms in total. The molecule has 0 N–H and O–H groups in total. The summed E-state index contributed by atoms with van der Waals surface area (Å²) in [5, 5.41) is 3.10. The van der Waals surface area contributed by atoms with E-state index in [0.717, 1.165) is 41.7 Å². The zero-order valence-corrected chi connectivity index (χ0v) is 15.2. The van der Waals surface area contributed by atoms with Gasteiger partial charge >= 0.3 is 0 Å². The molecule has 1 unspecified atom stereocenters. The first-order valence-electron chi connectivity index (χ1n) is 8.17. The zero-order chi connectivity index (χ0) is 17.1. The SMILES string of the molecule is COc1ccc(C(C)N(C)C(=O)CC2=CSC3=NCCCN23)cc1. The van der Waals surface area contributed by atoms with Gasteiger partial charge in [-0.2, -0.15) is 0 Å². The molecule has 2 aliphatic heterocycles. The fourth-order valence-corrected chi connectivity index (χ4v) is 3.83. The van der Waals surface area contributed by atoms with Crippen molar-refractivity contribution in [2.24, 2.45) is 4.99 Å². The summed E-state index contributed by atoms with van der Waals surface area (Å²) in [4.78, 5) is 21.2. The Hall–Kier alpha value is -1.95. The van der Waals surface area contributed by atoms with Gasteiger partial charge in [0, 0.05) is 25.8 Å². The summed E-state index contributed by atoms with van der Waals surface area (Å²) in [6.45, 7) is 3.90. The molecule has 2 aliphatic rings. The van der Waals surface area contributed by atoms with Crippen molar-refractivity contribution in [3.05, 3.63) is 40.9 Å². The van der Waals surface area contributed by atoms with Gasteiger partial charge in [-0.1, -0.05) is 23.9 Å². The highest BCUT2D eigenvalue weighted by atomic mass is 32.2. The highest BCUT2D eigenvalue weighted by Crippen LogP contribution is 2.31. The number of amides is 1. The second-order valence-corrected chi connectivity index (χ2v) is 6.86. The maximum absolute atomic E-state index is 12.7. The molecule has 1 amide bonds. The second kappa shape index (κ2) is 7.30. The van der Waals surface area contributed by atoms with Crippen LogP contribution in [-0.2, 0) is 4.79 Å². The predicted molar refractivity (Wildman–Crippen MR) is 98.1 cm³/mol. The van der Waals surface area contributed by atoms with Crippen molar-refractivity contribution >= 4 is 22.8 Å². The van der Waals surface area contributed by atoms with Crippen molar-refractivity contribution in [1.82, 2.24) is 9.80 Å². The first kappa shape index (κ1) is 16.9. The fraction of sp³-hybridized carbons (Fsp3) is 0.444. The van der Waals surface area contributed by atoms with Crippen molar-refractivity contribution in [2.45, 2.75) is 25.8 Å². The fourth-order valence-electron chi connectivity index (χ4n) is 2.87. The Morgan fingerprint density at radius 1 is 1.42 bits per heavy atom. The van der Waals surface area contributed by atoms with E-state index in [1.807, 2.05) is 43.1 Å². The van der Waals surface area contributed by atoms with Crippen LogP contribution in [-0.4, -0.2) is 48.1 Å². The third kappa shape index (κ3) is 3.43. The summed E-state index contributed by atoms with van der Waals surface area (Å²) in [6, 6.07) is 7.89. The lowest BCUT2D eigenvalue weighted by atomic mass is 10.1. The smallest absolute Gasteiger partial charge is 0.228 e. The molecule has 24 heavy (non-hydrogen) atoms. The van der Waals surface area contributed by atoms with E-state index in [1.54, 1.807) is 18.9 Å². The molecule has 0 fully saturated rings. The molecular formula is C18H23N3O2S. The van der Waals surface area contributed by atoms with E-state index in [1.165, 1.54) is 0 Å². The minimum absolute atomic E-state index is 0.0209. The molecule has 0 bridgehead atoms. The number of hydrogen-bond acceptors (Lipinski definition) is 5. The number of carbonyl (C=O) groups is 1. The number of thioether (sulfide) groups is 1. The van der Waals surface area contributed by atoms with Crippen molar-refractivity contribution in [3.63, 3.8) is 0 Å². The zero-order valence-electron chi connectivity index (χ0n) is 14.4. The van der Waals surface area contributed by atoms with E-state index < -0.39 is 0 Å². The van der Waals surface area contributed by atoms with Gasteiger partial charge in [0.15, 0.2) is 5.17 Å². The average molecular weight is 345 g/mol. The summed E-state index contributed by atoms with van der Waals surface area (Å²) in [7, 11) is 3.52.